The molecule has 0 spiro atoms. The van der Waals surface area contributed by atoms with Gasteiger partial charge in [-0.2, -0.15) is 0 Å². The fourth-order valence-electron chi connectivity index (χ4n) is 4.49. The first-order valence-corrected chi connectivity index (χ1v) is 13.7. The summed E-state index contributed by atoms with van der Waals surface area (Å²) in [5.74, 6) is 0.567. The number of halogens is 1. The Morgan fingerprint density at radius 3 is 2.49 bits per heavy atom. The maximum atomic E-state index is 13.9. The molecule has 0 N–H and O–H groups in total. The number of fused-ring (bicyclic) bond motifs is 1. The van der Waals surface area contributed by atoms with Crippen molar-refractivity contribution >= 4 is 39.3 Å². The lowest BCUT2D eigenvalue weighted by atomic mass is 9.96. The Labute approximate surface area is 237 Å². The number of ether oxygens (including phenoxy) is 3. The minimum atomic E-state index is -0.678. The number of methoxy groups -OCH3 is 2. The van der Waals surface area contributed by atoms with Crippen LogP contribution in [0.4, 0.5) is 0 Å². The van der Waals surface area contributed by atoms with Gasteiger partial charge in [-0.25, -0.2) is 9.79 Å². The van der Waals surface area contributed by atoms with E-state index in [0.717, 1.165) is 15.6 Å². The van der Waals surface area contributed by atoms with Gasteiger partial charge in [0, 0.05) is 10.0 Å². The highest BCUT2D eigenvalue weighted by Crippen LogP contribution is 2.33. The van der Waals surface area contributed by atoms with Crippen molar-refractivity contribution < 1.29 is 19.0 Å². The highest BCUT2D eigenvalue weighted by molar-refractivity contribution is 9.10. The van der Waals surface area contributed by atoms with Gasteiger partial charge in [0.2, 0.25) is 0 Å². The molecular formula is C30H25BrN2O5S. The number of thiazole rings is 1. The summed E-state index contributed by atoms with van der Waals surface area (Å²) in [6, 6.07) is 22.2. The molecule has 0 saturated heterocycles. The standard InChI is InChI=1S/C30H25BrN2O5S/c1-18-25(29(35)37-3)26(20-12-14-22(31)15-13-20)33-28(34)24(39-30(33)32-18)16-21-10-7-11-23(36-2)27(21)38-17-19-8-5-4-6-9-19/h4-16,26H,17H2,1-3H3. The van der Waals surface area contributed by atoms with Crippen LogP contribution in [-0.4, -0.2) is 24.8 Å². The van der Waals surface area contributed by atoms with Gasteiger partial charge in [0.1, 0.15) is 6.61 Å². The predicted octanol–water partition coefficient (Wildman–Crippen LogP) is 4.76. The number of hydrogen-bond donors (Lipinski definition) is 0. The molecule has 0 bridgehead atoms. The van der Waals surface area contributed by atoms with E-state index in [4.69, 9.17) is 14.2 Å². The van der Waals surface area contributed by atoms with Crippen LogP contribution in [0.1, 0.15) is 29.7 Å². The van der Waals surface area contributed by atoms with Crippen molar-refractivity contribution in [3.63, 3.8) is 0 Å². The van der Waals surface area contributed by atoms with Crippen LogP contribution in [0.25, 0.3) is 6.08 Å². The first kappa shape index (κ1) is 26.6. The van der Waals surface area contributed by atoms with Gasteiger partial charge in [-0.15, -0.1) is 0 Å². The van der Waals surface area contributed by atoms with Crippen LogP contribution in [0.3, 0.4) is 0 Å². The second kappa shape index (κ2) is 11.4. The summed E-state index contributed by atoms with van der Waals surface area (Å²) in [6.45, 7) is 2.10. The lowest BCUT2D eigenvalue weighted by Crippen LogP contribution is -2.39. The molecule has 0 aliphatic carbocycles. The molecule has 1 unspecified atom stereocenters. The maximum Gasteiger partial charge on any atom is 0.338 e. The molecule has 0 saturated carbocycles. The Morgan fingerprint density at radius 2 is 1.79 bits per heavy atom. The number of allylic oxidation sites excluding steroid dienone is 1. The van der Waals surface area contributed by atoms with E-state index in [0.29, 0.717) is 44.3 Å². The van der Waals surface area contributed by atoms with E-state index in [1.54, 1.807) is 24.7 Å². The molecule has 3 aromatic carbocycles. The number of carbonyl (C=O) groups excluding carboxylic acids is 1. The zero-order valence-electron chi connectivity index (χ0n) is 21.5. The van der Waals surface area contributed by atoms with Crippen molar-refractivity contribution in [3.8, 4) is 11.5 Å². The molecule has 1 aromatic heterocycles. The normalized spacial score (nSPS) is 15.0. The molecule has 2 heterocycles. The van der Waals surface area contributed by atoms with Crippen molar-refractivity contribution in [2.24, 2.45) is 4.99 Å². The number of aromatic nitrogens is 1. The number of carbonyl (C=O) groups is 1. The lowest BCUT2D eigenvalue weighted by molar-refractivity contribution is -0.136. The van der Waals surface area contributed by atoms with E-state index in [1.807, 2.05) is 72.8 Å². The van der Waals surface area contributed by atoms with Gasteiger partial charge in [0.15, 0.2) is 16.3 Å². The fraction of sp³-hybridized carbons (Fsp3) is 0.167. The summed E-state index contributed by atoms with van der Waals surface area (Å²) >= 11 is 4.71. The summed E-state index contributed by atoms with van der Waals surface area (Å²) in [5, 5.41) is 0. The van der Waals surface area contributed by atoms with E-state index >= 15 is 0 Å². The van der Waals surface area contributed by atoms with Crippen LogP contribution in [0.2, 0.25) is 0 Å². The fourth-order valence-corrected chi connectivity index (χ4v) is 5.79. The average Bonchev–Trinajstić information content (AvgIpc) is 3.26. The van der Waals surface area contributed by atoms with Gasteiger partial charge in [0.25, 0.3) is 5.56 Å². The quantitative estimate of drug-likeness (QED) is 0.284. The second-order valence-corrected chi connectivity index (χ2v) is 10.7. The number of nitrogens with zero attached hydrogens (tertiary/aromatic N) is 2. The van der Waals surface area contributed by atoms with Gasteiger partial charge in [-0.05, 0) is 42.3 Å². The van der Waals surface area contributed by atoms with E-state index in [1.165, 1.54) is 18.4 Å². The Bertz CT molecular complexity index is 1740. The molecule has 1 atom stereocenters. The monoisotopic (exact) mass is 604 g/mol. The summed E-state index contributed by atoms with van der Waals surface area (Å²) in [4.78, 5) is 31.9. The zero-order valence-corrected chi connectivity index (χ0v) is 23.9. The van der Waals surface area contributed by atoms with Crippen LogP contribution in [0.5, 0.6) is 11.5 Å². The van der Waals surface area contributed by atoms with Gasteiger partial charge in [-0.1, -0.05) is 81.9 Å². The highest BCUT2D eigenvalue weighted by Gasteiger charge is 2.33. The molecular weight excluding hydrogens is 580 g/mol. The minimum absolute atomic E-state index is 0.266. The molecule has 4 aromatic rings. The molecule has 0 amide bonds. The average molecular weight is 606 g/mol. The van der Waals surface area contributed by atoms with Crippen LogP contribution in [0.15, 0.2) is 98.3 Å². The second-order valence-electron chi connectivity index (χ2n) is 8.78. The number of benzene rings is 3. The Kier molecular flexibility index (Phi) is 7.81. The largest absolute Gasteiger partial charge is 0.493 e. The van der Waals surface area contributed by atoms with Gasteiger partial charge < -0.3 is 14.2 Å². The molecule has 5 rings (SSSR count). The highest BCUT2D eigenvalue weighted by atomic mass is 79.9. The molecule has 39 heavy (non-hydrogen) atoms. The number of esters is 1. The minimum Gasteiger partial charge on any atom is -0.493 e. The third-order valence-corrected chi connectivity index (χ3v) is 7.87. The Morgan fingerprint density at radius 1 is 1.05 bits per heavy atom. The molecule has 1 aliphatic rings. The number of hydrogen-bond acceptors (Lipinski definition) is 7. The van der Waals surface area contributed by atoms with Crippen LogP contribution in [0, 0.1) is 0 Å². The van der Waals surface area contributed by atoms with E-state index in [2.05, 4.69) is 20.9 Å². The SMILES string of the molecule is COC(=O)C1=C(C)N=c2sc(=Cc3cccc(OC)c3OCc3ccccc3)c(=O)n2C1c1ccc(Br)cc1. The summed E-state index contributed by atoms with van der Waals surface area (Å²) in [7, 11) is 2.91. The van der Waals surface area contributed by atoms with Crippen LogP contribution < -0.4 is 24.4 Å². The van der Waals surface area contributed by atoms with Crippen molar-refractivity contribution in [2.75, 3.05) is 14.2 Å². The number of rotatable bonds is 7. The topological polar surface area (TPSA) is 79.1 Å². The van der Waals surface area contributed by atoms with E-state index < -0.39 is 12.0 Å². The maximum absolute atomic E-state index is 13.9. The van der Waals surface area contributed by atoms with Crippen LogP contribution in [-0.2, 0) is 16.1 Å². The van der Waals surface area contributed by atoms with Gasteiger partial charge >= 0.3 is 5.97 Å². The lowest BCUT2D eigenvalue weighted by Gasteiger charge is -2.24. The Balaban J connectivity index is 1.65. The summed E-state index contributed by atoms with van der Waals surface area (Å²) in [5.41, 5.74) is 3.04. The Hall–Kier alpha value is -3.95. The third-order valence-electron chi connectivity index (χ3n) is 6.35. The van der Waals surface area contributed by atoms with Crippen molar-refractivity contribution in [1.29, 1.82) is 0 Å². The van der Waals surface area contributed by atoms with Crippen molar-refractivity contribution in [3.05, 3.63) is 125 Å². The number of para-hydroxylation sites is 1. The smallest absolute Gasteiger partial charge is 0.338 e. The van der Waals surface area contributed by atoms with E-state index in [-0.39, 0.29) is 5.56 Å². The predicted molar refractivity (Wildman–Crippen MR) is 154 cm³/mol. The molecule has 198 valence electrons. The molecule has 0 fully saturated rings. The molecule has 7 nitrogen and oxygen atoms in total. The molecule has 9 heteroatoms. The van der Waals surface area contributed by atoms with Crippen molar-refractivity contribution in [2.45, 2.75) is 19.6 Å². The van der Waals surface area contributed by atoms with Gasteiger partial charge in [0.05, 0.1) is 36.1 Å². The molecule has 0 radical (unpaired) electrons. The zero-order chi connectivity index (χ0) is 27.5. The van der Waals surface area contributed by atoms with E-state index in [9.17, 15) is 9.59 Å². The van der Waals surface area contributed by atoms with Crippen LogP contribution >= 0.6 is 27.3 Å². The summed E-state index contributed by atoms with van der Waals surface area (Å²) < 4.78 is 19.7. The summed E-state index contributed by atoms with van der Waals surface area (Å²) in [6.07, 6.45) is 1.78. The van der Waals surface area contributed by atoms with Gasteiger partial charge in [-0.3, -0.25) is 9.36 Å². The first-order chi connectivity index (χ1) is 18.9. The first-order valence-electron chi connectivity index (χ1n) is 12.1. The van der Waals surface area contributed by atoms with Crippen molar-refractivity contribution in [1.82, 2.24) is 4.57 Å². The molecule has 1 aliphatic heterocycles. The third kappa shape index (κ3) is 5.32.